The largest absolute Gasteiger partial charge is 0.398 e. The van der Waals surface area contributed by atoms with Crippen molar-refractivity contribution in [1.29, 1.82) is 0 Å². The fourth-order valence-electron chi connectivity index (χ4n) is 1.34. The first-order valence-electron chi connectivity index (χ1n) is 4.89. The molecular formula is C10H14F3N3. The Hall–Kier alpha value is -1.30. The molecule has 1 heterocycles. The molecule has 4 N–H and O–H groups in total. The van der Waals surface area contributed by atoms with Gasteiger partial charge in [-0.15, -0.1) is 0 Å². The van der Waals surface area contributed by atoms with Crippen LogP contribution in [0.15, 0.2) is 18.5 Å². The van der Waals surface area contributed by atoms with Gasteiger partial charge in [-0.2, -0.15) is 13.2 Å². The minimum Gasteiger partial charge on any atom is -0.398 e. The molecule has 1 unspecified atom stereocenters. The van der Waals surface area contributed by atoms with E-state index in [1.807, 2.05) is 0 Å². The first-order chi connectivity index (χ1) is 7.38. The molecule has 0 spiro atoms. The maximum absolute atomic E-state index is 11.9. The average molecular weight is 233 g/mol. The van der Waals surface area contributed by atoms with Crippen LogP contribution in [0.2, 0.25) is 0 Å². The number of hydrogen-bond donors (Lipinski definition) is 2. The number of alkyl halides is 3. The van der Waals surface area contributed by atoms with Gasteiger partial charge in [-0.05, 0) is 24.5 Å². The zero-order chi connectivity index (χ0) is 12.2. The van der Waals surface area contributed by atoms with Crippen LogP contribution < -0.4 is 11.5 Å². The van der Waals surface area contributed by atoms with Crippen molar-refractivity contribution in [2.24, 2.45) is 5.73 Å². The van der Waals surface area contributed by atoms with Crippen molar-refractivity contribution in [3.8, 4) is 0 Å². The predicted molar refractivity (Wildman–Crippen MR) is 55.6 cm³/mol. The van der Waals surface area contributed by atoms with Crippen LogP contribution >= 0.6 is 0 Å². The smallest absolute Gasteiger partial charge is 0.389 e. The van der Waals surface area contributed by atoms with E-state index in [1.165, 1.54) is 12.4 Å². The van der Waals surface area contributed by atoms with Crippen LogP contribution in [0.3, 0.4) is 0 Å². The summed E-state index contributed by atoms with van der Waals surface area (Å²) < 4.78 is 35.8. The normalized spacial score (nSPS) is 13.8. The molecule has 3 nitrogen and oxygen atoms in total. The van der Waals surface area contributed by atoms with E-state index >= 15 is 0 Å². The van der Waals surface area contributed by atoms with Crippen molar-refractivity contribution >= 4 is 5.69 Å². The van der Waals surface area contributed by atoms with Crippen molar-refractivity contribution in [1.82, 2.24) is 4.98 Å². The number of rotatable bonds is 4. The Morgan fingerprint density at radius 2 is 2.06 bits per heavy atom. The lowest BCUT2D eigenvalue weighted by Crippen LogP contribution is -2.25. The lowest BCUT2D eigenvalue weighted by molar-refractivity contribution is -0.136. The standard InChI is InChI=1S/C10H14F3N3/c11-10(12,13)3-1-8(14)5-7-6-16-4-2-9(7)15/h2,4,6,8H,1,3,5,14H2,(H2,15,16). The molecule has 1 aromatic rings. The minimum atomic E-state index is -4.15. The first kappa shape index (κ1) is 12.8. The highest BCUT2D eigenvalue weighted by Crippen LogP contribution is 2.23. The lowest BCUT2D eigenvalue weighted by atomic mass is 10.0. The molecule has 0 fully saturated rings. The SMILES string of the molecule is Nc1ccncc1CC(N)CCC(F)(F)F. The van der Waals surface area contributed by atoms with Gasteiger partial charge in [-0.3, -0.25) is 4.98 Å². The molecule has 1 atom stereocenters. The Morgan fingerprint density at radius 3 is 2.62 bits per heavy atom. The van der Waals surface area contributed by atoms with Gasteiger partial charge in [0.2, 0.25) is 0 Å². The van der Waals surface area contributed by atoms with Crippen LogP contribution in [0, 0.1) is 0 Å². The maximum Gasteiger partial charge on any atom is 0.389 e. The van der Waals surface area contributed by atoms with E-state index in [9.17, 15) is 13.2 Å². The van der Waals surface area contributed by atoms with Gasteiger partial charge in [0, 0.05) is 30.5 Å². The monoisotopic (exact) mass is 233 g/mol. The van der Waals surface area contributed by atoms with E-state index in [4.69, 9.17) is 11.5 Å². The number of halogens is 3. The van der Waals surface area contributed by atoms with Gasteiger partial charge < -0.3 is 11.5 Å². The number of nitrogens with two attached hydrogens (primary N) is 2. The van der Waals surface area contributed by atoms with Gasteiger partial charge in [0.15, 0.2) is 0 Å². The highest BCUT2D eigenvalue weighted by atomic mass is 19.4. The summed E-state index contributed by atoms with van der Waals surface area (Å²) in [5, 5.41) is 0. The van der Waals surface area contributed by atoms with Crippen LogP contribution in [-0.4, -0.2) is 17.2 Å². The van der Waals surface area contributed by atoms with Gasteiger partial charge in [-0.25, -0.2) is 0 Å². The quantitative estimate of drug-likeness (QED) is 0.834. The molecule has 0 aliphatic carbocycles. The van der Waals surface area contributed by atoms with Crippen molar-refractivity contribution in [3.05, 3.63) is 24.0 Å². The van der Waals surface area contributed by atoms with Crippen molar-refractivity contribution in [3.63, 3.8) is 0 Å². The fraction of sp³-hybridized carbons (Fsp3) is 0.500. The van der Waals surface area contributed by atoms with Crippen LogP contribution in [0.4, 0.5) is 18.9 Å². The summed E-state index contributed by atoms with van der Waals surface area (Å²) in [6.07, 6.45) is -1.75. The molecule has 0 radical (unpaired) electrons. The number of nitrogens with zero attached hydrogens (tertiary/aromatic N) is 1. The highest BCUT2D eigenvalue weighted by Gasteiger charge is 2.27. The van der Waals surface area contributed by atoms with E-state index in [-0.39, 0.29) is 6.42 Å². The average Bonchev–Trinajstić information content (AvgIpc) is 2.18. The van der Waals surface area contributed by atoms with E-state index in [2.05, 4.69) is 4.98 Å². The highest BCUT2D eigenvalue weighted by molar-refractivity contribution is 5.44. The van der Waals surface area contributed by atoms with Gasteiger partial charge in [0.25, 0.3) is 0 Å². The molecule has 0 aliphatic heterocycles. The Bertz CT molecular complexity index is 338. The lowest BCUT2D eigenvalue weighted by Gasteiger charge is -2.13. The van der Waals surface area contributed by atoms with E-state index < -0.39 is 18.6 Å². The van der Waals surface area contributed by atoms with Crippen LogP contribution in [-0.2, 0) is 6.42 Å². The Kier molecular flexibility index (Phi) is 4.12. The number of anilines is 1. The summed E-state index contributed by atoms with van der Waals surface area (Å²) in [7, 11) is 0. The third-order valence-electron chi connectivity index (χ3n) is 2.22. The summed E-state index contributed by atoms with van der Waals surface area (Å²) in [6.45, 7) is 0. The number of aromatic nitrogens is 1. The summed E-state index contributed by atoms with van der Waals surface area (Å²) >= 11 is 0. The molecule has 0 aliphatic rings. The Balaban J connectivity index is 2.46. The second kappa shape index (κ2) is 5.16. The third kappa shape index (κ3) is 4.48. The molecule has 16 heavy (non-hydrogen) atoms. The summed E-state index contributed by atoms with van der Waals surface area (Å²) in [6, 6.07) is 1.05. The molecule has 1 rings (SSSR count). The van der Waals surface area contributed by atoms with Crippen molar-refractivity contribution in [2.75, 3.05) is 5.73 Å². The van der Waals surface area contributed by atoms with Crippen LogP contribution in [0.25, 0.3) is 0 Å². The van der Waals surface area contributed by atoms with Crippen molar-refractivity contribution < 1.29 is 13.2 Å². The topological polar surface area (TPSA) is 64.9 Å². The molecule has 0 aromatic carbocycles. The van der Waals surface area contributed by atoms with E-state index in [0.717, 1.165) is 0 Å². The Labute approximate surface area is 91.7 Å². The number of nitrogen functional groups attached to an aromatic ring is 1. The van der Waals surface area contributed by atoms with Gasteiger partial charge >= 0.3 is 6.18 Å². The van der Waals surface area contributed by atoms with Gasteiger partial charge in [-0.1, -0.05) is 0 Å². The maximum atomic E-state index is 11.9. The molecular weight excluding hydrogens is 219 g/mol. The number of hydrogen-bond acceptors (Lipinski definition) is 3. The first-order valence-corrected chi connectivity index (χ1v) is 4.89. The molecule has 6 heteroatoms. The molecule has 1 aromatic heterocycles. The van der Waals surface area contributed by atoms with E-state index in [1.54, 1.807) is 6.07 Å². The predicted octanol–water partition coefficient (Wildman–Crippen LogP) is 1.88. The van der Waals surface area contributed by atoms with Crippen LogP contribution in [0.1, 0.15) is 18.4 Å². The zero-order valence-electron chi connectivity index (χ0n) is 8.67. The van der Waals surface area contributed by atoms with Crippen molar-refractivity contribution in [2.45, 2.75) is 31.5 Å². The molecule has 0 saturated carbocycles. The summed E-state index contributed by atoms with van der Waals surface area (Å²) in [4.78, 5) is 3.85. The molecule has 0 amide bonds. The Morgan fingerprint density at radius 1 is 1.38 bits per heavy atom. The van der Waals surface area contributed by atoms with Crippen LogP contribution in [0.5, 0.6) is 0 Å². The molecule has 90 valence electrons. The molecule has 0 saturated heterocycles. The van der Waals surface area contributed by atoms with E-state index in [0.29, 0.717) is 17.7 Å². The number of pyridine rings is 1. The summed E-state index contributed by atoms with van der Waals surface area (Å²) in [5.41, 5.74) is 12.4. The third-order valence-corrected chi connectivity index (χ3v) is 2.22. The second-order valence-corrected chi connectivity index (χ2v) is 3.69. The summed E-state index contributed by atoms with van der Waals surface area (Å²) in [5.74, 6) is 0. The van der Waals surface area contributed by atoms with Gasteiger partial charge in [0.05, 0.1) is 0 Å². The fourth-order valence-corrected chi connectivity index (χ4v) is 1.34. The second-order valence-electron chi connectivity index (χ2n) is 3.69. The molecule has 0 bridgehead atoms. The minimum absolute atomic E-state index is 0.0994. The van der Waals surface area contributed by atoms with Gasteiger partial charge in [0.1, 0.15) is 0 Å². The zero-order valence-corrected chi connectivity index (χ0v) is 8.67.